The Morgan fingerprint density at radius 3 is 2.69 bits per heavy atom. The smallest absolute Gasteiger partial charge is 0.338 e. The molecule has 0 bridgehead atoms. The Labute approximate surface area is 217 Å². The molecule has 0 spiro atoms. The van der Waals surface area contributed by atoms with E-state index in [0.717, 1.165) is 27.3 Å². The molecule has 2 unspecified atom stereocenters. The summed E-state index contributed by atoms with van der Waals surface area (Å²) in [5.41, 5.74) is 3.46. The number of fused-ring (bicyclic) bond motifs is 2. The van der Waals surface area contributed by atoms with Gasteiger partial charge in [-0.2, -0.15) is 0 Å². The number of esters is 1. The summed E-state index contributed by atoms with van der Waals surface area (Å²) >= 11 is 2.95. The molecule has 8 heteroatoms. The molecule has 36 heavy (non-hydrogen) atoms. The Bertz CT molecular complexity index is 1580. The fourth-order valence-corrected chi connectivity index (χ4v) is 5.92. The number of benzene rings is 2. The Morgan fingerprint density at radius 1 is 1.22 bits per heavy atom. The highest BCUT2D eigenvalue weighted by Crippen LogP contribution is 2.32. The topological polar surface area (TPSA) is 69.9 Å². The first-order chi connectivity index (χ1) is 17.4. The largest absolute Gasteiger partial charge is 0.485 e. The van der Waals surface area contributed by atoms with Gasteiger partial charge in [0.05, 0.1) is 28.5 Å². The summed E-state index contributed by atoms with van der Waals surface area (Å²) in [5.74, 6) is 0.368. The molecule has 3 heterocycles. The molecule has 0 N–H and O–H groups in total. The predicted molar refractivity (Wildman–Crippen MR) is 144 cm³/mol. The number of thioether (sulfide) groups is 1. The fourth-order valence-electron chi connectivity index (χ4n) is 4.47. The van der Waals surface area contributed by atoms with Crippen LogP contribution >= 0.6 is 23.1 Å². The second kappa shape index (κ2) is 9.95. The van der Waals surface area contributed by atoms with E-state index in [9.17, 15) is 9.59 Å². The highest BCUT2D eigenvalue weighted by atomic mass is 32.2. The SMILES string of the molecule is CCOC(=O)C1=C(C)N=c2sc(=CC3=Cc4ccccc4OC3C)c(=O)n2C1c1ccc(SC)cc1. The lowest BCUT2D eigenvalue weighted by Gasteiger charge is -2.24. The molecule has 184 valence electrons. The van der Waals surface area contributed by atoms with Crippen molar-refractivity contribution in [2.24, 2.45) is 4.99 Å². The van der Waals surface area contributed by atoms with Crippen LogP contribution in [0.5, 0.6) is 5.75 Å². The number of hydrogen-bond acceptors (Lipinski definition) is 7. The van der Waals surface area contributed by atoms with Crippen molar-refractivity contribution in [2.75, 3.05) is 12.9 Å². The molecule has 0 saturated carbocycles. The molecular formula is C28H26N2O4S2. The summed E-state index contributed by atoms with van der Waals surface area (Å²) in [6, 6.07) is 15.1. The van der Waals surface area contributed by atoms with Crippen molar-refractivity contribution in [3.8, 4) is 5.75 Å². The molecular weight excluding hydrogens is 492 g/mol. The number of ether oxygens (including phenoxy) is 2. The van der Waals surface area contributed by atoms with E-state index < -0.39 is 12.0 Å². The number of carbonyl (C=O) groups is 1. The number of carbonyl (C=O) groups excluding carboxylic acids is 1. The molecule has 5 rings (SSSR count). The summed E-state index contributed by atoms with van der Waals surface area (Å²) in [6.45, 7) is 5.77. The van der Waals surface area contributed by atoms with Crippen LogP contribution in [0.4, 0.5) is 0 Å². The quantitative estimate of drug-likeness (QED) is 0.371. The number of thiazole rings is 1. The van der Waals surface area contributed by atoms with Crippen molar-refractivity contribution in [2.45, 2.75) is 37.8 Å². The van der Waals surface area contributed by atoms with Crippen molar-refractivity contribution >= 4 is 41.2 Å². The second-order valence-corrected chi connectivity index (χ2v) is 10.4. The number of hydrogen-bond donors (Lipinski definition) is 0. The van der Waals surface area contributed by atoms with Crippen LogP contribution in [0.15, 0.2) is 80.1 Å². The van der Waals surface area contributed by atoms with Crippen LogP contribution in [0.3, 0.4) is 0 Å². The summed E-state index contributed by atoms with van der Waals surface area (Å²) < 4.78 is 13.6. The second-order valence-electron chi connectivity index (χ2n) is 8.52. The standard InChI is InChI=1S/C28H26N2O4S2/c1-5-33-27(32)24-16(2)29-28-30(25(24)18-10-12-21(35-4)13-11-18)26(31)23(36-28)15-20-14-19-8-6-7-9-22(19)34-17(20)3/h6-15,17,25H,5H2,1-4H3. The fraction of sp³-hybridized carbons (Fsp3) is 0.250. The average molecular weight is 519 g/mol. The van der Waals surface area contributed by atoms with Crippen molar-refractivity contribution in [3.05, 3.63) is 96.2 Å². The van der Waals surface area contributed by atoms with Gasteiger partial charge in [0, 0.05) is 10.5 Å². The number of para-hydroxylation sites is 1. The molecule has 0 aliphatic carbocycles. The minimum Gasteiger partial charge on any atom is -0.485 e. The van der Waals surface area contributed by atoms with E-state index in [1.807, 2.05) is 67.8 Å². The van der Waals surface area contributed by atoms with E-state index in [1.54, 1.807) is 30.2 Å². The van der Waals surface area contributed by atoms with E-state index in [2.05, 4.69) is 11.1 Å². The van der Waals surface area contributed by atoms with E-state index in [0.29, 0.717) is 20.6 Å². The molecule has 3 aromatic rings. The van der Waals surface area contributed by atoms with Gasteiger partial charge in [0.2, 0.25) is 0 Å². The number of allylic oxidation sites excluding steroid dienone is 1. The molecule has 6 nitrogen and oxygen atoms in total. The molecule has 0 radical (unpaired) electrons. The van der Waals surface area contributed by atoms with Gasteiger partial charge in [0.1, 0.15) is 11.9 Å². The average Bonchev–Trinajstić information content (AvgIpc) is 3.18. The zero-order valence-corrected chi connectivity index (χ0v) is 22.1. The maximum Gasteiger partial charge on any atom is 0.338 e. The van der Waals surface area contributed by atoms with Gasteiger partial charge in [0.25, 0.3) is 5.56 Å². The van der Waals surface area contributed by atoms with Gasteiger partial charge in [-0.3, -0.25) is 9.36 Å². The van der Waals surface area contributed by atoms with E-state index in [-0.39, 0.29) is 18.3 Å². The zero-order valence-electron chi connectivity index (χ0n) is 20.5. The molecule has 2 aromatic carbocycles. The van der Waals surface area contributed by atoms with Crippen molar-refractivity contribution in [1.29, 1.82) is 0 Å². The molecule has 0 saturated heterocycles. The third kappa shape index (κ3) is 4.35. The van der Waals surface area contributed by atoms with Crippen LogP contribution in [0.25, 0.3) is 12.2 Å². The maximum atomic E-state index is 13.8. The number of rotatable bonds is 5. The first kappa shape index (κ1) is 24.3. The van der Waals surface area contributed by atoms with Gasteiger partial charge in [-0.15, -0.1) is 11.8 Å². The molecule has 0 fully saturated rings. The third-order valence-corrected chi connectivity index (χ3v) is 7.99. The number of nitrogens with zero attached hydrogens (tertiary/aromatic N) is 2. The summed E-state index contributed by atoms with van der Waals surface area (Å²) in [6.07, 6.45) is 5.73. The Morgan fingerprint density at radius 2 is 1.97 bits per heavy atom. The Balaban J connectivity index is 1.68. The molecule has 2 aliphatic heterocycles. The third-order valence-electron chi connectivity index (χ3n) is 6.26. The van der Waals surface area contributed by atoms with Crippen LogP contribution in [-0.2, 0) is 9.53 Å². The minimum absolute atomic E-state index is 0.195. The Kier molecular flexibility index (Phi) is 6.73. The maximum absolute atomic E-state index is 13.8. The molecule has 2 atom stereocenters. The zero-order chi connectivity index (χ0) is 25.4. The number of aromatic nitrogens is 1. The highest BCUT2D eigenvalue weighted by Gasteiger charge is 2.33. The van der Waals surface area contributed by atoms with Crippen molar-refractivity contribution in [3.63, 3.8) is 0 Å². The van der Waals surface area contributed by atoms with Gasteiger partial charge in [-0.25, -0.2) is 9.79 Å². The highest BCUT2D eigenvalue weighted by molar-refractivity contribution is 7.98. The lowest BCUT2D eigenvalue weighted by Crippen LogP contribution is -2.40. The minimum atomic E-state index is -0.618. The Hall–Kier alpha value is -3.36. The van der Waals surface area contributed by atoms with Gasteiger partial charge < -0.3 is 9.47 Å². The van der Waals surface area contributed by atoms with E-state index >= 15 is 0 Å². The molecule has 0 amide bonds. The summed E-state index contributed by atoms with van der Waals surface area (Å²) in [4.78, 5) is 33.2. The lowest BCUT2D eigenvalue weighted by atomic mass is 9.96. The van der Waals surface area contributed by atoms with Crippen LogP contribution in [-0.4, -0.2) is 29.5 Å². The van der Waals surface area contributed by atoms with E-state index in [1.165, 1.54) is 11.3 Å². The van der Waals surface area contributed by atoms with Gasteiger partial charge in [-0.1, -0.05) is 41.7 Å². The van der Waals surface area contributed by atoms with Crippen LogP contribution < -0.4 is 19.6 Å². The van der Waals surface area contributed by atoms with E-state index in [4.69, 9.17) is 9.47 Å². The van der Waals surface area contributed by atoms with Crippen molar-refractivity contribution < 1.29 is 14.3 Å². The van der Waals surface area contributed by atoms with Crippen LogP contribution in [0.2, 0.25) is 0 Å². The predicted octanol–water partition coefficient (Wildman–Crippen LogP) is 4.34. The van der Waals surface area contributed by atoms with Crippen LogP contribution in [0.1, 0.15) is 37.9 Å². The normalized spacial score (nSPS) is 19.1. The first-order valence-electron chi connectivity index (χ1n) is 11.7. The van der Waals surface area contributed by atoms with Gasteiger partial charge in [0.15, 0.2) is 4.80 Å². The van der Waals surface area contributed by atoms with Crippen LogP contribution in [0, 0.1) is 0 Å². The lowest BCUT2D eigenvalue weighted by molar-refractivity contribution is -0.139. The van der Waals surface area contributed by atoms with Gasteiger partial charge >= 0.3 is 5.97 Å². The summed E-state index contributed by atoms with van der Waals surface area (Å²) in [5, 5.41) is 0. The van der Waals surface area contributed by atoms with Crippen molar-refractivity contribution in [1.82, 2.24) is 4.57 Å². The first-order valence-corrected chi connectivity index (χ1v) is 13.8. The van der Waals surface area contributed by atoms with Gasteiger partial charge in [-0.05, 0) is 68.5 Å². The monoisotopic (exact) mass is 518 g/mol. The summed E-state index contributed by atoms with van der Waals surface area (Å²) in [7, 11) is 0. The molecule has 1 aromatic heterocycles. The molecule has 2 aliphatic rings.